The number of aryl methyl sites for hydroxylation is 3. The number of alkyl halides is 1. The fourth-order valence-corrected chi connectivity index (χ4v) is 11.1. The fourth-order valence-electron chi connectivity index (χ4n) is 10.3. The highest BCUT2D eigenvalue weighted by molar-refractivity contribution is 7.13. The molecule has 5 amide bonds. The summed E-state index contributed by atoms with van der Waals surface area (Å²) in [4.78, 5) is 79.3. The molecule has 2 aromatic heterocycles. The normalized spacial score (nSPS) is 19.9. The fraction of sp³-hybridized carbons (Fsp3) is 0.473. The number of aromatic nitrogens is 2. The number of carbonyl (C=O) groups is 5. The van der Waals surface area contributed by atoms with Crippen molar-refractivity contribution < 1.29 is 51.2 Å². The summed E-state index contributed by atoms with van der Waals surface area (Å²) >= 11 is 1.54. The third kappa shape index (κ3) is 11.6. The van der Waals surface area contributed by atoms with E-state index in [0.29, 0.717) is 30.2 Å². The molecule has 2 aliphatic heterocycles. The van der Waals surface area contributed by atoms with Crippen molar-refractivity contribution >= 4 is 40.9 Å². The summed E-state index contributed by atoms with van der Waals surface area (Å²) in [5.41, 5.74) is 3.44. The number of rotatable bonds is 18. The number of benzene rings is 3. The Hall–Kier alpha value is -6.47. The third-order valence-corrected chi connectivity index (χ3v) is 16.0. The van der Waals surface area contributed by atoms with Crippen molar-refractivity contribution in [1.82, 2.24) is 35.9 Å². The van der Waals surface area contributed by atoms with Crippen LogP contribution in [0.4, 0.5) is 17.6 Å². The predicted molar refractivity (Wildman–Crippen MR) is 269 cm³/mol. The number of hydrogen-bond donors (Lipinski definition) is 4. The first kappa shape index (κ1) is 53.8. The van der Waals surface area contributed by atoms with Crippen molar-refractivity contribution in [3.8, 4) is 21.6 Å². The van der Waals surface area contributed by atoms with Gasteiger partial charge < -0.3 is 35.4 Å². The van der Waals surface area contributed by atoms with E-state index in [9.17, 15) is 42.3 Å². The van der Waals surface area contributed by atoms with Gasteiger partial charge in [-0.25, -0.2) is 22.5 Å². The lowest BCUT2D eigenvalue weighted by Crippen LogP contribution is -2.59. The standard InChI is InChI=1S/C55H63F4N7O7S/c1-29(45(44-22-31(3)64-73-44)51(70)65-20-8-9-42(65)50(69)62-32(4)34-10-12-35(13-11-34)40-23-38(56)24-41(57)46(40)58)16-17-54(6,7)48(63-53(72)55(59)18-19-55)52(71)66-27-39(67)25-43(66)49(68)60-26-37-15-14-36(21-30(37)2)47-33(5)61-28-74-47/h10-15,21-24,28-29,32,39,42-43,45,48,67H,8-9,16-20,25-27H2,1-7H3,(H,60,68)(H,62,69)(H,63,72)/t29?,32-,39+,42-,43-,45+,48+/m0/s1. The summed E-state index contributed by atoms with van der Waals surface area (Å²) in [6.45, 7) is 13.0. The smallest absolute Gasteiger partial charge is 0.258 e. The quantitative estimate of drug-likeness (QED) is 0.0494. The summed E-state index contributed by atoms with van der Waals surface area (Å²) < 4.78 is 63.5. The van der Waals surface area contributed by atoms with E-state index in [0.717, 1.165) is 33.3 Å². The van der Waals surface area contributed by atoms with Crippen LogP contribution >= 0.6 is 11.3 Å². The second-order valence-electron chi connectivity index (χ2n) is 21.0. The number of halogens is 4. The Morgan fingerprint density at radius 2 is 1.62 bits per heavy atom. The highest BCUT2D eigenvalue weighted by Gasteiger charge is 2.54. The zero-order chi connectivity index (χ0) is 53.4. The van der Waals surface area contributed by atoms with Gasteiger partial charge in [0, 0.05) is 43.8 Å². The molecule has 3 fully saturated rings. The van der Waals surface area contributed by atoms with Crippen molar-refractivity contribution in [2.24, 2.45) is 11.3 Å². The molecule has 0 radical (unpaired) electrons. The molecule has 3 aromatic carbocycles. The molecule has 3 aliphatic rings. The number of hydrogen-bond acceptors (Lipinski definition) is 10. The molecule has 394 valence electrons. The Balaban J connectivity index is 0.954. The number of β-amino-alcohol motifs (C(OH)–C–C–N with tert-alkyl or cyclic N) is 1. The molecule has 0 bridgehead atoms. The van der Waals surface area contributed by atoms with E-state index in [4.69, 9.17) is 4.52 Å². The number of nitrogens with one attached hydrogen (secondary N) is 3. The molecular weight excluding hydrogens is 979 g/mol. The zero-order valence-corrected chi connectivity index (χ0v) is 43.4. The van der Waals surface area contributed by atoms with Crippen LogP contribution in [-0.2, 0) is 30.5 Å². The van der Waals surface area contributed by atoms with Crippen molar-refractivity contribution in [3.63, 3.8) is 0 Å². The molecule has 74 heavy (non-hydrogen) atoms. The van der Waals surface area contributed by atoms with Crippen LogP contribution in [0.1, 0.15) is 118 Å². The Morgan fingerprint density at radius 3 is 2.27 bits per heavy atom. The first-order valence-corrected chi connectivity index (χ1v) is 26.0. The van der Waals surface area contributed by atoms with Gasteiger partial charge in [0.25, 0.3) is 5.91 Å². The van der Waals surface area contributed by atoms with E-state index in [1.54, 1.807) is 51.4 Å². The molecule has 1 aliphatic carbocycles. The maximum Gasteiger partial charge on any atom is 0.258 e. The van der Waals surface area contributed by atoms with Gasteiger partial charge in [-0.1, -0.05) is 68.4 Å². The number of amides is 5. The summed E-state index contributed by atoms with van der Waals surface area (Å²) in [5, 5.41) is 23.6. The SMILES string of the molecule is Cc1cc([C@H](C(=O)N2CCC[C@H]2C(=O)N[C@@H](C)c2ccc(-c3cc(F)cc(F)c3F)cc2)C(C)CCC(C)(C)[C@H](NC(=O)C2(F)CC2)C(=O)N2C[C@H](O)C[C@H]2C(=O)NCc2ccc(-c3scnc3C)cc2C)on1. The number of aliphatic hydroxyl groups is 1. The van der Waals surface area contributed by atoms with Crippen LogP contribution < -0.4 is 16.0 Å². The lowest BCUT2D eigenvalue weighted by molar-refractivity contribution is -0.145. The molecule has 7 atom stereocenters. The lowest BCUT2D eigenvalue weighted by atomic mass is 9.75. The minimum Gasteiger partial charge on any atom is -0.391 e. The monoisotopic (exact) mass is 1040 g/mol. The van der Waals surface area contributed by atoms with Gasteiger partial charge in [0.05, 0.1) is 33.9 Å². The molecule has 0 spiro atoms. The largest absolute Gasteiger partial charge is 0.391 e. The van der Waals surface area contributed by atoms with Gasteiger partial charge in [-0.3, -0.25) is 24.0 Å². The van der Waals surface area contributed by atoms with E-state index in [1.807, 2.05) is 39.0 Å². The molecule has 4 N–H and O–H groups in total. The molecular formula is C55H63F4N7O7S. The van der Waals surface area contributed by atoms with Crippen molar-refractivity contribution in [1.29, 1.82) is 0 Å². The van der Waals surface area contributed by atoms with Gasteiger partial charge in [0.1, 0.15) is 35.6 Å². The Kier molecular flexibility index (Phi) is 15.8. The minimum atomic E-state index is -2.13. The van der Waals surface area contributed by atoms with Gasteiger partial charge in [-0.2, -0.15) is 0 Å². The van der Waals surface area contributed by atoms with Crippen molar-refractivity contribution in [2.75, 3.05) is 13.1 Å². The van der Waals surface area contributed by atoms with Crippen molar-refractivity contribution in [3.05, 3.63) is 117 Å². The average molecular weight is 1040 g/mol. The predicted octanol–water partition coefficient (Wildman–Crippen LogP) is 8.47. The molecule has 1 unspecified atom stereocenters. The van der Waals surface area contributed by atoms with Crippen LogP contribution in [-0.4, -0.2) is 97.6 Å². The van der Waals surface area contributed by atoms with E-state index < -0.39 is 94.3 Å². The number of likely N-dealkylation sites (tertiary alicyclic amines) is 2. The van der Waals surface area contributed by atoms with Gasteiger partial charge in [-0.15, -0.1) is 11.3 Å². The highest BCUT2D eigenvalue weighted by atomic mass is 32.1. The van der Waals surface area contributed by atoms with Crippen molar-refractivity contribution in [2.45, 2.75) is 142 Å². The molecule has 2 saturated heterocycles. The summed E-state index contributed by atoms with van der Waals surface area (Å²) in [7, 11) is 0. The molecule has 14 nitrogen and oxygen atoms in total. The summed E-state index contributed by atoms with van der Waals surface area (Å²) in [5.74, 6) is -7.41. The topological polar surface area (TPSA) is 187 Å². The van der Waals surface area contributed by atoms with Crippen LogP contribution in [0.2, 0.25) is 0 Å². The number of thiazole rings is 1. The first-order valence-electron chi connectivity index (χ1n) is 25.1. The second-order valence-corrected chi connectivity index (χ2v) is 21.9. The third-order valence-electron chi connectivity index (χ3n) is 15.0. The summed E-state index contributed by atoms with van der Waals surface area (Å²) in [6.07, 6.45) is 0.327. The van der Waals surface area contributed by atoms with Gasteiger partial charge in [-0.05, 0) is 111 Å². The molecule has 5 aromatic rings. The van der Waals surface area contributed by atoms with Crippen LogP contribution in [0.3, 0.4) is 0 Å². The van der Waals surface area contributed by atoms with E-state index in [-0.39, 0.29) is 74.5 Å². The average Bonchev–Trinajstić information content (AvgIpc) is 3.85. The Bertz CT molecular complexity index is 2920. The lowest BCUT2D eigenvalue weighted by Gasteiger charge is -2.39. The minimum absolute atomic E-state index is 0.000381. The van der Waals surface area contributed by atoms with E-state index >= 15 is 4.39 Å². The van der Waals surface area contributed by atoms with E-state index in [2.05, 4.69) is 26.1 Å². The van der Waals surface area contributed by atoms with Crippen LogP contribution in [0, 0.1) is 49.6 Å². The maximum atomic E-state index is 15.4. The molecule has 8 rings (SSSR count). The van der Waals surface area contributed by atoms with Crippen LogP contribution in [0.15, 0.2) is 70.7 Å². The van der Waals surface area contributed by atoms with E-state index in [1.165, 1.54) is 33.3 Å². The molecule has 4 heterocycles. The van der Waals surface area contributed by atoms with Gasteiger partial charge >= 0.3 is 0 Å². The van der Waals surface area contributed by atoms with Gasteiger partial charge in [0.15, 0.2) is 17.3 Å². The number of aliphatic hydroxyl groups excluding tert-OH is 1. The molecule has 1 saturated carbocycles. The highest BCUT2D eigenvalue weighted by Crippen LogP contribution is 2.42. The first-order chi connectivity index (χ1) is 35.0. The summed E-state index contributed by atoms with van der Waals surface area (Å²) in [6, 6.07) is 11.4. The Morgan fingerprint density at radius 1 is 0.905 bits per heavy atom. The van der Waals surface area contributed by atoms with Gasteiger partial charge in [0.2, 0.25) is 23.6 Å². The molecule has 19 heteroatoms. The number of nitrogens with zero attached hydrogens (tertiary/aromatic N) is 4. The van der Waals surface area contributed by atoms with Crippen LogP contribution in [0.5, 0.6) is 0 Å². The Labute approximate surface area is 431 Å². The number of carbonyl (C=O) groups excluding carboxylic acids is 5. The zero-order valence-electron chi connectivity index (χ0n) is 42.6. The second kappa shape index (κ2) is 21.8. The maximum absolute atomic E-state index is 15.4. The van der Waals surface area contributed by atoms with Crippen LogP contribution in [0.25, 0.3) is 21.6 Å².